The molecule has 0 fully saturated rings. The van der Waals surface area contributed by atoms with Crippen molar-refractivity contribution in [1.29, 1.82) is 0 Å². The summed E-state index contributed by atoms with van der Waals surface area (Å²) in [5.41, 5.74) is 5.73. The Bertz CT molecular complexity index is 1040. The van der Waals surface area contributed by atoms with E-state index in [-0.39, 0.29) is 12.3 Å². The van der Waals surface area contributed by atoms with Crippen LogP contribution in [0.3, 0.4) is 0 Å². The second kappa shape index (κ2) is 6.71. The van der Waals surface area contributed by atoms with Crippen LogP contribution in [0.1, 0.15) is 40.9 Å². The fourth-order valence-electron chi connectivity index (χ4n) is 4.04. The van der Waals surface area contributed by atoms with Crippen molar-refractivity contribution in [2.24, 2.45) is 5.10 Å². The number of rotatable bonds is 3. The Morgan fingerprint density at radius 2 is 1.82 bits per heavy atom. The summed E-state index contributed by atoms with van der Waals surface area (Å²) in [7, 11) is 1.68. The third kappa shape index (κ3) is 2.82. The molecule has 3 aromatic rings. The van der Waals surface area contributed by atoms with E-state index in [9.17, 15) is 0 Å². The van der Waals surface area contributed by atoms with Crippen LogP contribution in [0.2, 0.25) is 0 Å². The number of benzene rings is 3. The van der Waals surface area contributed by atoms with Gasteiger partial charge < -0.3 is 9.47 Å². The van der Waals surface area contributed by atoms with Crippen molar-refractivity contribution < 1.29 is 9.47 Å². The van der Waals surface area contributed by atoms with Crippen molar-refractivity contribution in [2.75, 3.05) is 7.11 Å². The van der Waals surface area contributed by atoms with Gasteiger partial charge in [-0.15, -0.1) is 0 Å². The Balaban J connectivity index is 1.57. The van der Waals surface area contributed by atoms with Crippen LogP contribution in [0.4, 0.5) is 0 Å². The molecule has 0 bridgehead atoms. The summed E-state index contributed by atoms with van der Waals surface area (Å²) < 4.78 is 11.7. The standard InChI is InChI=1S/C24H22N2O2/c1-16-6-5-7-18(14-16)24-26-22(20-8-3-4-9-23(20)28-24)15-21(25-26)17-10-12-19(27-2)13-11-17/h3-14,22,24H,15H2,1-2H3/t22-,24+/m1/s1. The highest BCUT2D eigenvalue weighted by atomic mass is 16.5. The molecule has 2 aliphatic rings. The Morgan fingerprint density at radius 3 is 2.61 bits per heavy atom. The monoisotopic (exact) mass is 370 g/mol. The number of hydrazone groups is 1. The lowest BCUT2D eigenvalue weighted by Crippen LogP contribution is -2.33. The maximum absolute atomic E-state index is 6.41. The Kier molecular flexibility index (Phi) is 4.05. The number of aryl methyl sites for hydroxylation is 1. The van der Waals surface area contributed by atoms with E-state index in [0.29, 0.717) is 0 Å². The Morgan fingerprint density at radius 1 is 1.00 bits per heavy atom. The minimum atomic E-state index is -0.226. The molecule has 4 nitrogen and oxygen atoms in total. The highest BCUT2D eigenvalue weighted by molar-refractivity contribution is 6.02. The van der Waals surface area contributed by atoms with Crippen LogP contribution in [0.5, 0.6) is 11.5 Å². The number of para-hydroxylation sites is 1. The third-order valence-electron chi connectivity index (χ3n) is 5.45. The van der Waals surface area contributed by atoms with Gasteiger partial charge in [-0.1, -0.05) is 48.0 Å². The van der Waals surface area contributed by atoms with E-state index in [1.54, 1.807) is 7.11 Å². The highest BCUT2D eigenvalue weighted by Gasteiger charge is 2.40. The minimum Gasteiger partial charge on any atom is -0.497 e. The van der Waals surface area contributed by atoms with Crippen molar-refractivity contribution in [2.45, 2.75) is 25.6 Å². The number of hydrogen-bond donors (Lipinski definition) is 0. The van der Waals surface area contributed by atoms with Crippen LogP contribution in [-0.4, -0.2) is 17.8 Å². The van der Waals surface area contributed by atoms with Crippen molar-refractivity contribution in [3.8, 4) is 11.5 Å². The summed E-state index contributed by atoms with van der Waals surface area (Å²) in [6, 6.07) is 25.1. The van der Waals surface area contributed by atoms with Crippen LogP contribution >= 0.6 is 0 Å². The molecule has 2 atom stereocenters. The molecule has 0 amide bonds. The topological polar surface area (TPSA) is 34.1 Å². The normalized spacial score (nSPS) is 20.1. The Hall–Kier alpha value is -3.27. The van der Waals surface area contributed by atoms with E-state index in [0.717, 1.165) is 34.8 Å². The highest BCUT2D eigenvalue weighted by Crippen LogP contribution is 2.47. The number of methoxy groups -OCH3 is 1. The predicted molar refractivity (Wildman–Crippen MR) is 110 cm³/mol. The molecule has 0 aliphatic carbocycles. The van der Waals surface area contributed by atoms with Gasteiger partial charge in [-0.3, -0.25) is 0 Å². The van der Waals surface area contributed by atoms with Crippen LogP contribution in [0.25, 0.3) is 0 Å². The molecule has 5 rings (SSSR count). The molecule has 0 saturated heterocycles. The van der Waals surface area contributed by atoms with Gasteiger partial charge in [0.05, 0.1) is 18.9 Å². The molecule has 0 radical (unpaired) electrons. The van der Waals surface area contributed by atoms with Crippen molar-refractivity contribution in [3.63, 3.8) is 0 Å². The van der Waals surface area contributed by atoms with Gasteiger partial charge in [-0.2, -0.15) is 5.10 Å². The predicted octanol–water partition coefficient (Wildman–Crippen LogP) is 5.25. The molecule has 28 heavy (non-hydrogen) atoms. The lowest BCUT2D eigenvalue weighted by Gasteiger charge is -2.38. The second-order valence-corrected chi connectivity index (χ2v) is 7.30. The average molecular weight is 370 g/mol. The first-order valence-corrected chi connectivity index (χ1v) is 9.55. The molecule has 0 N–H and O–H groups in total. The lowest BCUT2D eigenvalue weighted by atomic mass is 9.96. The average Bonchev–Trinajstić information content (AvgIpc) is 3.19. The largest absolute Gasteiger partial charge is 0.497 e. The minimum absolute atomic E-state index is 0.174. The van der Waals surface area contributed by atoms with Crippen LogP contribution in [0, 0.1) is 6.92 Å². The molecular formula is C24H22N2O2. The van der Waals surface area contributed by atoms with Gasteiger partial charge in [0.25, 0.3) is 0 Å². The van der Waals surface area contributed by atoms with Gasteiger partial charge in [0.1, 0.15) is 11.5 Å². The van der Waals surface area contributed by atoms with Gasteiger partial charge in [-0.25, -0.2) is 5.01 Å². The first-order valence-electron chi connectivity index (χ1n) is 9.55. The van der Waals surface area contributed by atoms with Crippen molar-refractivity contribution in [1.82, 2.24) is 5.01 Å². The Labute approximate surface area is 165 Å². The summed E-state index contributed by atoms with van der Waals surface area (Å²) in [6.45, 7) is 2.10. The van der Waals surface area contributed by atoms with Gasteiger partial charge in [0, 0.05) is 17.5 Å². The zero-order valence-electron chi connectivity index (χ0n) is 16.0. The first-order chi connectivity index (χ1) is 13.7. The lowest BCUT2D eigenvalue weighted by molar-refractivity contribution is -0.0190. The summed E-state index contributed by atoms with van der Waals surface area (Å²) in [6.07, 6.45) is 0.630. The summed E-state index contributed by atoms with van der Waals surface area (Å²) >= 11 is 0. The van der Waals surface area contributed by atoms with Gasteiger partial charge in [-0.05, 0) is 42.8 Å². The molecule has 0 aromatic heterocycles. The van der Waals surface area contributed by atoms with Gasteiger partial charge >= 0.3 is 0 Å². The fraction of sp³-hybridized carbons (Fsp3) is 0.208. The zero-order valence-corrected chi connectivity index (χ0v) is 16.0. The summed E-state index contributed by atoms with van der Waals surface area (Å²) in [5.74, 6) is 1.80. The molecule has 0 unspecified atom stereocenters. The molecule has 2 heterocycles. The van der Waals surface area contributed by atoms with Crippen molar-refractivity contribution >= 4 is 5.71 Å². The van der Waals surface area contributed by atoms with E-state index >= 15 is 0 Å². The quantitative estimate of drug-likeness (QED) is 0.632. The molecule has 0 spiro atoms. The van der Waals surface area contributed by atoms with Crippen LogP contribution < -0.4 is 9.47 Å². The fourth-order valence-corrected chi connectivity index (χ4v) is 4.04. The molecule has 2 aliphatic heterocycles. The zero-order chi connectivity index (χ0) is 19.1. The number of hydrogen-bond acceptors (Lipinski definition) is 4. The maximum atomic E-state index is 6.41. The molecule has 4 heteroatoms. The molecule has 0 saturated carbocycles. The van der Waals surface area contributed by atoms with E-state index in [1.165, 1.54) is 11.1 Å². The van der Waals surface area contributed by atoms with E-state index in [1.807, 2.05) is 18.2 Å². The molecule has 3 aromatic carbocycles. The number of fused-ring (bicyclic) bond motifs is 3. The number of ether oxygens (including phenoxy) is 2. The van der Waals surface area contributed by atoms with E-state index in [2.05, 4.69) is 66.5 Å². The summed E-state index contributed by atoms with van der Waals surface area (Å²) in [5, 5.41) is 7.13. The summed E-state index contributed by atoms with van der Waals surface area (Å²) in [4.78, 5) is 0. The van der Waals surface area contributed by atoms with Gasteiger partial charge in [0.2, 0.25) is 6.23 Å². The first kappa shape index (κ1) is 16.9. The van der Waals surface area contributed by atoms with Gasteiger partial charge in [0.15, 0.2) is 0 Å². The van der Waals surface area contributed by atoms with E-state index in [4.69, 9.17) is 14.6 Å². The van der Waals surface area contributed by atoms with Crippen molar-refractivity contribution in [3.05, 3.63) is 95.1 Å². The van der Waals surface area contributed by atoms with Crippen LogP contribution in [-0.2, 0) is 0 Å². The molecule has 140 valence electrons. The van der Waals surface area contributed by atoms with Crippen LogP contribution in [0.15, 0.2) is 77.9 Å². The second-order valence-electron chi connectivity index (χ2n) is 7.30. The maximum Gasteiger partial charge on any atom is 0.213 e. The smallest absolute Gasteiger partial charge is 0.213 e. The number of nitrogens with zero attached hydrogens (tertiary/aromatic N) is 2. The SMILES string of the molecule is COc1ccc(C2=NN3[C@H](C2)c2ccccc2O[C@H]3c2cccc(C)c2)cc1. The molecular weight excluding hydrogens is 348 g/mol. The van der Waals surface area contributed by atoms with E-state index < -0.39 is 0 Å². The third-order valence-corrected chi connectivity index (χ3v) is 5.45.